The van der Waals surface area contributed by atoms with E-state index < -0.39 is 0 Å². The van der Waals surface area contributed by atoms with Crippen LogP contribution in [0.25, 0.3) is 10.8 Å². The van der Waals surface area contributed by atoms with Crippen LogP contribution < -0.4 is 0 Å². The zero-order valence-electron chi connectivity index (χ0n) is 22.5. The van der Waals surface area contributed by atoms with Crippen LogP contribution in [-0.2, 0) is 4.74 Å². The summed E-state index contributed by atoms with van der Waals surface area (Å²) in [4.78, 5) is 32.5. The molecule has 2 amide bonds. The first kappa shape index (κ1) is 26.7. The summed E-state index contributed by atoms with van der Waals surface area (Å²) in [6.45, 7) is 13.6. The second kappa shape index (κ2) is 11.0. The molecule has 0 bridgehead atoms. The summed E-state index contributed by atoms with van der Waals surface area (Å²) in [5.74, 6) is 0.363. The van der Waals surface area contributed by atoms with Gasteiger partial charge in [-0.3, -0.25) is 24.3 Å². The number of carbonyl (C=O) groups excluding carboxylic acids is 2. The van der Waals surface area contributed by atoms with Gasteiger partial charge in [0.15, 0.2) is 0 Å². The minimum absolute atomic E-state index is 0.179. The standard InChI is InChI=1S/C30H41N3O3S/c1-21-16-23(18-30(2,3)17-21)36-20-24(37)19-32-12-10-31(11-13-32)14-15-33-28(34)25-8-4-6-22-7-5-9-26(27(22)25)29(33)35/h4-9,21,23-24,37H,10-20H2,1-3H3/t21-,23-,24+/m0/s1. The Morgan fingerprint density at radius 1 is 0.946 bits per heavy atom. The minimum atomic E-state index is -0.179. The lowest BCUT2D eigenvalue weighted by Gasteiger charge is -2.39. The lowest BCUT2D eigenvalue weighted by molar-refractivity contribution is -0.0243. The molecule has 1 saturated heterocycles. The summed E-state index contributed by atoms with van der Waals surface area (Å²) in [6.07, 6.45) is 3.93. The van der Waals surface area contributed by atoms with Gasteiger partial charge in [0.25, 0.3) is 11.8 Å². The molecule has 2 aromatic carbocycles. The lowest BCUT2D eigenvalue weighted by Crippen LogP contribution is -2.51. The third kappa shape index (κ3) is 6.06. The summed E-state index contributed by atoms with van der Waals surface area (Å²) in [6, 6.07) is 11.4. The maximum absolute atomic E-state index is 13.1. The van der Waals surface area contributed by atoms with Crippen molar-refractivity contribution in [2.45, 2.75) is 51.4 Å². The minimum Gasteiger partial charge on any atom is -0.377 e. The number of hydrogen-bond donors (Lipinski definition) is 1. The predicted octanol–water partition coefficient (Wildman–Crippen LogP) is 4.58. The molecule has 0 unspecified atom stereocenters. The number of hydrogen-bond acceptors (Lipinski definition) is 6. The largest absolute Gasteiger partial charge is 0.377 e. The van der Waals surface area contributed by atoms with Crippen LogP contribution in [0.3, 0.4) is 0 Å². The van der Waals surface area contributed by atoms with Crippen LogP contribution in [0.2, 0.25) is 0 Å². The molecule has 2 aromatic rings. The highest BCUT2D eigenvalue weighted by molar-refractivity contribution is 7.81. The quantitative estimate of drug-likeness (QED) is 0.405. The first-order chi connectivity index (χ1) is 17.7. The van der Waals surface area contributed by atoms with Crippen LogP contribution in [0.15, 0.2) is 36.4 Å². The molecule has 7 heteroatoms. The van der Waals surface area contributed by atoms with Crippen molar-refractivity contribution in [3.8, 4) is 0 Å². The predicted molar refractivity (Wildman–Crippen MR) is 152 cm³/mol. The molecule has 200 valence electrons. The second-order valence-electron chi connectivity index (χ2n) is 12.1. The van der Waals surface area contributed by atoms with Gasteiger partial charge in [-0.05, 0) is 48.1 Å². The number of nitrogens with zero attached hydrogens (tertiary/aromatic N) is 3. The molecule has 5 rings (SSSR count). The number of amides is 2. The van der Waals surface area contributed by atoms with E-state index in [4.69, 9.17) is 17.4 Å². The van der Waals surface area contributed by atoms with E-state index in [0.29, 0.717) is 42.3 Å². The Balaban J connectivity index is 1.07. The fourth-order valence-corrected chi connectivity index (χ4v) is 7.02. The average molecular weight is 524 g/mol. The number of ether oxygens (including phenoxy) is 1. The van der Waals surface area contributed by atoms with E-state index in [2.05, 4.69) is 30.6 Å². The molecular formula is C30H41N3O3S. The van der Waals surface area contributed by atoms with Gasteiger partial charge in [0.05, 0.1) is 12.7 Å². The summed E-state index contributed by atoms with van der Waals surface area (Å²) < 4.78 is 6.30. The van der Waals surface area contributed by atoms with Crippen LogP contribution in [0.1, 0.15) is 60.7 Å². The molecule has 37 heavy (non-hydrogen) atoms. The Morgan fingerprint density at radius 2 is 1.57 bits per heavy atom. The third-order valence-electron chi connectivity index (χ3n) is 8.30. The molecule has 2 fully saturated rings. The van der Waals surface area contributed by atoms with E-state index in [-0.39, 0.29) is 17.1 Å². The van der Waals surface area contributed by atoms with Gasteiger partial charge in [-0.15, -0.1) is 0 Å². The van der Waals surface area contributed by atoms with Crippen molar-refractivity contribution >= 4 is 35.2 Å². The van der Waals surface area contributed by atoms with Gasteiger partial charge >= 0.3 is 0 Å². The molecule has 2 heterocycles. The molecule has 0 N–H and O–H groups in total. The van der Waals surface area contributed by atoms with Crippen molar-refractivity contribution in [2.75, 3.05) is 52.4 Å². The highest BCUT2D eigenvalue weighted by atomic mass is 32.1. The van der Waals surface area contributed by atoms with Crippen LogP contribution in [0, 0.1) is 11.3 Å². The summed E-state index contributed by atoms with van der Waals surface area (Å²) >= 11 is 4.84. The molecule has 2 aliphatic heterocycles. The number of carbonyl (C=O) groups is 2. The Morgan fingerprint density at radius 3 is 2.19 bits per heavy atom. The van der Waals surface area contributed by atoms with Gasteiger partial charge in [0.1, 0.15) is 0 Å². The van der Waals surface area contributed by atoms with E-state index in [1.54, 1.807) is 0 Å². The topological polar surface area (TPSA) is 53.1 Å². The third-order valence-corrected chi connectivity index (χ3v) is 8.61. The fourth-order valence-electron chi connectivity index (χ4n) is 6.70. The SMILES string of the molecule is C[C@H]1C[C@H](OC[C@H](S)CN2CCN(CCN3C(=O)c4cccc5cccc(c45)C3=O)CC2)CC(C)(C)C1. The maximum atomic E-state index is 13.1. The fraction of sp³-hybridized carbons (Fsp3) is 0.600. The lowest BCUT2D eigenvalue weighted by atomic mass is 9.71. The van der Waals surface area contributed by atoms with Crippen molar-refractivity contribution in [3.63, 3.8) is 0 Å². The average Bonchev–Trinajstić information content (AvgIpc) is 2.85. The van der Waals surface area contributed by atoms with Crippen molar-refractivity contribution in [1.82, 2.24) is 14.7 Å². The smallest absolute Gasteiger partial charge is 0.261 e. The van der Waals surface area contributed by atoms with Gasteiger partial charge in [0, 0.05) is 67.6 Å². The molecular weight excluding hydrogens is 482 g/mol. The van der Waals surface area contributed by atoms with Crippen molar-refractivity contribution in [3.05, 3.63) is 47.5 Å². The van der Waals surface area contributed by atoms with E-state index in [9.17, 15) is 9.59 Å². The zero-order valence-corrected chi connectivity index (χ0v) is 23.4. The Labute approximate surface area is 226 Å². The number of thiol groups is 1. The summed E-state index contributed by atoms with van der Waals surface area (Å²) in [5.41, 5.74) is 1.63. The number of piperazine rings is 1. The van der Waals surface area contributed by atoms with Gasteiger partial charge in [-0.2, -0.15) is 12.6 Å². The monoisotopic (exact) mass is 523 g/mol. The Hall–Kier alpha value is -1.93. The Kier molecular flexibility index (Phi) is 7.96. The highest BCUT2D eigenvalue weighted by Gasteiger charge is 2.34. The molecule has 0 radical (unpaired) electrons. The molecule has 1 aliphatic carbocycles. The van der Waals surface area contributed by atoms with E-state index in [1.165, 1.54) is 11.3 Å². The van der Waals surface area contributed by atoms with Crippen molar-refractivity contribution in [2.24, 2.45) is 11.3 Å². The molecule has 1 saturated carbocycles. The maximum Gasteiger partial charge on any atom is 0.261 e. The van der Waals surface area contributed by atoms with E-state index in [1.807, 2.05) is 36.4 Å². The summed E-state index contributed by atoms with van der Waals surface area (Å²) in [5, 5.41) is 1.94. The molecule has 0 spiro atoms. The molecule has 3 atom stereocenters. The van der Waals surface area contributed by atoms with E-state index in [0.717, 1.165) is 62.3 Å². The molecule has 0 aromatic heterocycles. The number of benzene rings is 2. The van der Waals surface area contributed by atoms with Gasteiger partial charge < -0.3 is 4.74 Å². The number of rotatable bonds is 8. The molecule has 6 nitrogen and oxygen atoms in total. The van der Waals surface area contributed by atoms with Crippen LogP contribution in [0.4, 0.5) is 0 Å². The summed E-state index contributed by atoms with van der Waals surface area (Å²) in [7, 11) is 0. The zero-order chi connectivity index (χ0) is 26.2. The van der Waals surface area contributed by atoms with Gasteiger partial charge in [-0.25, -0.2) is 0 Å². The first-order valence-electron chi connectivity index (χ1n) is 13.8. The van der Waals surface area contributed by atoms with Gasteiger partial charge in [0.2, 0.25) is 0 Å². The van der Waals surface area contributed by atoms with Crippen LogP contribution in [-0.4, -0.2) is 90.3 Å². The Bertz CT molecular complexity index is 1090. The van der Waals surface area contributed by atoms with E-state index >= 15 is 0 Å². The molecule has 3 aliphatic rings. The van der Waals surface area contributed by atoms with Crippen LogP contribution >= 0.6 is 12.6 Å². The van der Waals surface area contributed by atoms with Crippen molar-refractivity contribution in [1.29, 1.82) is 0 Å². The first-order valence-corrected chi connectivity index (χ1v) is 14.3. The normalized spacial score (nSPS) is 25.6. The second-order valence-corrected chi connectivity index (χ2v) is 12.9. The highest BCUT2D eigenvalue weighted by Crippen LogP contribution is 2.39. The van der Waals surface area contributed by atoms with Crippen molar-refractivity contribution < 1.29 is 14.3 Å². The van der Waals surface area contributed by atoms with Gasteiger partial charge in [-0.1, -0.05) is 45.0 Å². The number of imide groups is 1. The van der Waals surface area contributed by atoms with Crippen LogP contribution in [0.5, 0.6) is 0 Å².